The molecule has 0 radical (unpaired) electrons. The molecule has 0 aliphatic carbocycles. The van der Waals surface area contributed by atoms with Crippen molar-refractivity contribution < 1.29 is 9.59 Å². The standard InChI is InChI=1S/C18H23N3O3S/c1-5-12(4)21-17(24)13-8-6-7-9-14(13)19-18(21)25-10-15(22)20-16(23)11(2)3/h6-9,11-12H,5,10H2,1-4H3,(H,20,22,23)/t12-/m0/s1. The summed E-state index contributed by atoms with van der Waals surface area (Å²) in [7, 11) is 0. The van der Waals surface area contributed by atoms with Crippen molar-refractivity contribution in [1.29, 1.82) is 0 Å². The molecular weight excluding hydrogens is 338 g/mol. The number of rotatable bonds is 6. The van der Waals surface area contributed by atoms with E-state index in [1.165, 1.54) is 11.8 Å². The predicted molar refractivity (Wildman–Crippen MR) is 99.7 cm³/mol. The molecule has 0 aliphatic heterocycles. The Morgan fingerprint density at radius 3 is 2.56 bits per heavy atom. The molecule has 0 unspecified atom stereocenters. The molecule has 2 aromatic rings. The van der Waals surface area contributed by atoms with Gasteiger partial charge in [-0.2, -0.15) is 0 Å². The van der Waals surface area contributed by atoms with Crippen molar-refractivity contribution >= 4 is 34.5 Å². The number of carbonyl (C=O) groups excluding carboxylic acids is 2. The number of imide groups is 1. The summed E-state index contributed by atoms with van der Waals surface area (Å²) in [6.45, 7) is 7.39. The van der Waals surface area contributed by atoms with Crippen LogP contribution >= 0.6 is 11.8 Å². The lowest BCUT2D eigenvalue weighted by Gasteiger charge is -2.18. The highest BCUT2D eigenvalue weighted by Crippen LogP contribution is 2.22. The first-order valence-electron chi connectivity index (χ1n) is 8.32. The molecule has 2 rings (SSSR count). The Labute approximate surface area is 151 Å². The second-order valence-corrected chi connectivity index (χ2v) is 7.14. The van der Waals surface area contributed by atoms with E-state index < -0.39 is 0 Å². The quantitative estimate of drug-likeness (QED) is 0.632. The molecule has 2 amide bonds. The Hall–Kier alpha value is -2.15. The number of para-hydroxylation sites is 1. The Bertz CT molecular complexity index is 845. The van der Waals surface area contributed by atoms with E-state index >= 15 is 0 Å². The maximum atomic E-state index is 12.8. The average Bonchev–Trinajstić information content (AvgIpc) is 2.59. The molecule has 0 saturated heterocycles. The molecule has 7 heteroatoms. The van der Waals surface area contributed by atoms with Crippen LogP contribution in [-0.4, -0.2) is 27.1 Å². The third kappa shape index (κ3) is 4.48. The van der Waals surface area contributed by atoms with Gasteiger partial charge in [0.2, 0.25) is 11.8 Å². The van der Waals surface area contributed by atoms with Gasteiger partial charge in [-0.1, -0.05) is 44.7 Å². The maximum Gasteiger partial charge on any atom is 0.262 e. The number of amides is 2. The van der Waals surface area contributed by atoms with E-state index in [2.05, 4.69) is 10.3 Å². The SMILES string of the molecule is CC[C@H](C)n1c(SCC(=O)NC(=O)C(C)C)nc2ccccc2c1=O. The summed E-state index contributed by atoms with van der Waals surface area (Å²) in [5.74, 6) is -0.927. The fraction of sp³-hybridized carbons (Fsp3) is 0.444. The van der Waals surface area contributed by atoms with Crippen molar-refractivity contribution in [1.82, 2.24) is 14.9 Å². The molecular formula is C18H23N3O3S. The predicted octanol–water partition coefficient (Wildman–Crippen LogP) is 2.76. The molecule has 0 bridgehead atoms. The van der Waals surface area contributed by atoms with E-state index in [1.807, 2.05) is 26.0 Å². The van der Waals surface area contributed by atoms with Gasteiger partial charge in [0, 0.05) is 12.0 Å². The topological polar surface area (TPSA) is 81.1 Å². The Morgan fingerprint density at radius 2 is 1.92 bits per heavy atom. The maximum absolute atomic E-state index is 12.8. The van der Waals surface area contributed by atoms with Crippen molar-refractivity contribution in [3.8, 4) is 0 Å². The third-order valence-electron chi connectivity index (χ3n) is 3.93. The Balaban J connectivity index is 2.31. The normalized spacial score (nSPS) is 12.4. The van der Waals surface area contributed by atoms with Crippen LogP contribution < -0.4 is 10.9 Å². The van der Waals surface area contributed by atoms with Gasteiger partial charge in [0.1, 0.15) is 0 Å². The van der Waals surface area contributed by atoms with Crippen LogP contribution in [0.5, 0.6) is 0 Å². The molecule has 1 N–H and O–H groups in total. The van der Waals surface area contributed by atoms with Gasteiger partial charge in [0.15, 0.2) is 5.16 Å². The number of aromatic nitrogens is 2. The van der Waals surface area contributed by atoms with Gasteiger partial charge in [-0.25, -0.2) is 4.98 Å². The van der Waals surface area contributed by atoms with Crippen molar-refractivity contribution in [3.63, 3.8) is 0 Å². The molecule has 6 nitrogen and oxygen atoms in total. The van der Waals surface area contributed by atoms with Crippen LogP contribution in [0.3, 0.4) is 0 Å². The zero-order valence-electron chi connectivity index (χ0n) is 14.9. The number of carbonyl (C=O) groups is 2. The number of fused-ring (bicyclic) bond motifs is 1. The van der Waals surface area contributed by atoms with Crippen LogP contribution in [0.1, 0.15) is 40.2 Å². The largest absolute Gasteiger partial charge is 0.296 e. The highest BCUT2D eigenvalue weighted by Gasteiger charge is 2.17. The van der Waals surface area contributed by atoms with Crippen LogP contribution in [0, 0.1) is 5.92 Å². The van der Waals surface area contributed by atoms with Crippen molar-refractivity contribution in [2.75, 3.05) is 5.75 Å². The summed E-state index contributed by atoms with van der Waals surface area (Å²) in [6.07, 6.45) is 0.769. The number of nitrogens with zero attached hydrogens (tertiary/aromatic N) is 2. The van der Waals surface area contributed by atoms with E-state index in [4.69, 9.17) is 0 Å². The van der Waals surface area contributed by atoms with Crippen LogP contribution in [0.4, 0.5) is 0 Å². The second-order valence-electron chi connectivity index (χ2n) is 6.20. The number of thioether (sulfide) groups is 1. The van der Waals surface area contributed by atoms with Gasteiger partial charge in [0.05, 0.1) is 16.7 Å². The first kappa shape index (κ1) is 19.2. The van der Waals surface area contributed by atoms with Crippen molar-refractivity contribution in [3.05, 3.63) is 34.6 Å². The summed E-state index contributed by atoms with van der Waals surface area (Å²) < 4.78 is 1.63. The van der Waals surface area contributed by atoms with Crippen LogP contribution in [0.2, 0.25) is 0 Å². The number of hydrogen-bond acceptors (Lipinski definition) is 5. The second kappa shape index (κ2) is 8.29. The van der Waals surface area contributed by atoms with Crippen LogP contribution in [0.25, 0.3) is 10.9 Å². The smallest absolute Gasteiger partial charge is 0.262 e. The van der Waals surface area contributed by atoms with E-state index in [0.29, 0.717) is 16.1 Å². The minimum atomic E-state index is -0.387. The highest BCUT2D eigenvalue weighted by atomic mass is 32.2. The van der Waals surface area contributed by atoms with E-state index in [1.54, 1.807) is 30.5 Å². The monoisotopic (exact) mass is 361 g/mol. The summed E-state index contributed by atoms with van der Waals surface area (Å²) in [6, 6.07) is 7.14. The van der Waals surface area contributed by atoms with Gasteiger partial charge < -0.3 is 0 Å². The summed E-state index contributed by atoms with van der Waals surface area (Å²) in [5, 5.41) is 3.40. The van der Waals surface area contributed by atoms with Crippen LogP contribution in [0.15, 0.2) is 34.2 Å². The van der Waals surface area contributed by atoms with Gasteiger partial charge >= 0.3 is 0 Å². The van der Waals surface area contributed by atoms with Gasteiger partial charge in [-0.15, -0.1) is 0 Å². The minimum absolute atomic E-state index is 0.0275. The van der Waals surface area contributed by atoms with E-state index in [-0.39, 0.29) is 35.1 Å². The fourth-order valence-electron chi connectivity index (χ4n) is 2.25. The van der Waals surface area contributed by atoms with Crippen molar-refractivity contribution in [2.45, 2.75) is 45.3 Å². The Morgan fingerprint density at radius 1 is 1.24 bits per heavy atom. The van der Waals surface area contributed by atoms with Crippen molar-refractivity contribution in [2.24, 2.45) is 5.92 Å². The molecule has 25 heavy (non-hydrogen) atoms. The Kier molecular flexibility index (Phi) is 6.36. The molecule has 134 valence electrons. The average molecular weight is 361 g/mol. The number of nitrogens with one attached hydrogen (secondary N) is 1. The molecule has 0 saturated carbocycles. The first-order valence-corrected chi connectivity index (χ1v) is 9.31. The summed E-state index contributed by atoms with van der Waals surface area (Å²) >= 11 is 1.17. The van der Waals surface area contributed by atoms with Gasteiger partial charge in [0.25, 0.3) is 5.56 Å². The van der Waals surface area contributed by atoms with E-state index in [0.717, 1.165) is 6.42 Å². The fourth-order valence-corrected chi connectivity index (χ4v) is 3.14. The first-order chi connectivity index (χ1) is 11.8. The summed E-state index contributed by atoms with van der Waals surface area (Å²) in [5.41, 5.74) is 0.495. The zero-order valence-corrected chi connectivity index (χ0v) is 15.7. The molecule has 0 aliphatic rings. The lowest BCUT2D eigenvalue weighted by molar-refractivity contribution is -0.130. The lowest BCUT2D eigenvalue weighted by atomic mass is 10.2. The molecule has 1 heterocycles. The van der Waals surface area contributed by atoms with Gasteiger partial charge in [-0.05, 0) is 25.5 Å². The highest BCUT2D eigenvalue weighted by molar-refractivity contribution is 7.99. The minimum Gasteiger partial charge on any atom is -0.296 e. The molecule has 0 fully saturated rings. The molecule has 1 aromatic heterocycles. The molecule has 0 spiro atoms. The van der Waals surface area contributed by atoms with Crippen LogP contribution in [-0.2, 0) is 9.59 Å². The lowest BCUT2D eigenvalue weighted by Crippen LogP contribution is -2.35. The summed E-state index contributed by atoms with van der Waals surface area (Å²) in [4.78, 5) is 40.9. The third-order valence-corrected chi connectivity index (χ3v) is 4.88. The number of hydrogen-bond donors (Lipinski definition) is 1. The number of benzene rings is 1. The van der Waals surface area contributed by atoms with Gasteiger partial charge in [-0.3, -0.25) is 24.3 Å². The molecule has 1 aromatic carbocycles. The molecule has 1 atom stereocenters. The van der Waals surface area contributed by atoms with E-state index in [9.17, 15) is 14.4 Å². The zero-order chi connectivity index (χ0) is 18.6.